The van der Waals surface area contributed by atoms with E-state index in [0.717, 1.165) is 12.8 Å². The van der Waals surface area contributed by atoms with Crippen molar-refractivity contribution in [1.82, 2.24) is 5.32 Å². The van der Waals surface area contributed by atoms with E-state index in [0.29, 0.717) is 26.2 Å². The van der Waals surface area contributed by atoms with Crippen LogP contribution in [0.1, 0.15) is 12.8 Å². The minimum atomic E-state index is -0.247. The summed E-state index contributed by atoms with van der Waals surface area (Å²) in [5.74, 6) is 0. The van der Waals surface area contributed by atoms with E-state index in [-0.39, 0.29) is 6.03 Å². The zero-order valence-corrected chi connectivity index (χ0v) is 11.3. The van der Waals surface area contributed by atoms with Crippen molar-refractivity contribution in [2.45, 2.75) is 18.9 Å². The predicted molar refractivity (Wildman–Crippen MR) is 69.3 cm³/mol. The first-order chi connectivity index (χ1) is 7.58. The van der Waals surface area contributed by atoms with Gasteiger partial charge in [-0.1, -0.05) is 23.2 Å². The molecule has 0 unspecified atom stereocenters. The molecule has 2 amide bonds. The van der Waals surface area contributed by atoms with Crippen molar-refractivity contribution in [2.75, 3.05) is 5.32 Å². The van der Waals surface area contributed by atoms with E-state index >= 15 is 0 Å². The summed E-state index contributed by atoms with van der Waals surface area (Å²) in [6.45, 7) is 0. The van der Waals surface area contributed by atoms with E-state index in [9.17, 15) is 4.79 Å². The van der Waals surface area contributed by atoms with Crippen molar-refractivity contribution in [3.05, 3.63) is 26.7 Å². The van der Waals surface area contributed by atoms with Crippen molar-refractivity contribution in [1.29, 1.82) is 0 Å². The SMILES string of the molecule is O=C(Nc1ccc(Br)c(Cl)c1Cl)NC1CC1. The molecule has 1 aliphatic carbocycles. The zero-order valence-electron chi connectivity index (χ0n) is 8.19. The van der Waals surface area contributed by atoms with Crippen LogP contribution in [0.2, 0.25) is 10.0 Å². The van der Waals surface area contributed by atoms with Crippen LogP contribution in [0.3, 0.4) is 0 Å². The summed E-state index contributed by atoms with van der Waals surface area (Å²) in [6.07, 6.45) is 2.09. The fourth-order valence-corrected chi connectivity index (χ4v) is 2.02. The number of halogens is 3. The minimum absolute atomic E-state index is 0.247. The van der Waals surface area contributed by atoms with Gasteiger partial charge in [-0.05, 0) is 40.9 Å². The topological polar surface area (TPSA) is 41.1 Å². The quantitative estimate of drug-likeness (QED) is 0.792. The van der Waals surface area contributed by atoms with E-state index in [1.54, 1.807) is 12.1 Å². The Kier molecular flexibility index (Phi) is 3.62. The molecule has 86 valence electrons. The van der Waals surface area contributed by atoms with Crippen molar-refractivity contribution in [2.24, 2.45) is 0 Å². The van der Waals surface area contributed by atoms with Gasteiger partial charge in [0, 0.05) is 10.5 Å². The fourth-order valence-electron chi connectivity index (χ4n) is 1.19. The molecule has 1 fully saturated rings. The third-order valence-corrected chi connectivity index (χ3v) is 3.97. The maximum Gasteiger partial charge on any atom is 0.319 e. The molecule has 0 saturated heterocycles. The Morgan fingerprint density at radius 1 is 1.31 bits per heavy atom. The van der Waals surface area contributed by atoms with Crippen molar-refractivity contribution >= 4 is 50.9 Å². The second-order valence-electron chi connectivity index (χ2n) is 3.60. The van der Waals surface area contributed by atoms with E-state index in [4.69, 9.17) is 23.2 Å². The molecule has 1 aliphatic rings. The third kappa shape index (κ3) is 2.81. The Bertz CT molecular complexity index is 435. The number of anilines is 1. The van der Waals surface area contributed by atoms with E-state index < -0.39 is 0 Å². The average Bonchev–Trinajstić information content (AvgIpc) is 3.03. The lowest BCUT2D eigenvalue weighted by Gasteiger charge is -2.09. The van der Waals surface area contributed by atoms with Crippen LogP contribution in [-0.4, -0.2) is 12.1 Å². The van der Waals surface area contributed by atoms with Gasteiger partial charge in [0.2, 0.25) is 0 Å². The van der Waals surface area contributed by atoms with Gasteiger partial charge in [-0.2, -0.15) is 0 Å². The molecule has 0 heterocycles. The standard InChI is InChI=1S/C10H9BrCl2N2O/c11-6-3-4-7(9(13)8(6)12)15-10(16)14-5-1-2-5/h3-5H,1-2H2,(H2,14,15,16). The Morgan fingerprint density at radius 3 is 2.62 bits per heavy atom. The molecule has 0 aromatic heterocycles. The molecule has 0 radical (unpaired) electrons. The lowest BCUT2D eigenvalue weighted by Crippen LogP contribution is -2.30. The van der Waals surface area contributed by atoms with Gasteiger partial charge in [-0.3, -0.25) is 0 Å². The summed E-state index contributed by atoms with van der Waals surface area (Å²) < 4.78 is 0.701. The highest BCUT2D eigenvalue weighted by Crippen LogP contribution is 2.35. The number of nitrogens with one attached hydrogen (secondary N) is 2. The second kappa shape index (κ2) is 4.82. The molecule has 0 aliphatic heterocycles. The highest BCUT2D eigenvalue weighted by atomic mass is 79.9. The van der Waals surface area contributed by atoms with Gasteiger partial charge in [-0.25, -0.2) is 4.79 Å². The molecule has 0 spiro atoms. The minimum Gasteiger partial charge on any atom is -0.335 e. The van der Waals surface area contributed by atoms with Crippen LogP contribution in [0, 0.1) is 0 Å². The normalized spacial score (nSPS) is 14.7. The second-order valence-corrected chi connectivity index (χ2v) is 5.21. The number of carbonyl (C=O) groups is 1. The van der Waals surface area contributed by atoms with Crippen LogP contribution < -0.4 is 10.6 Å². The molecule has 6 heteroatoms. The Morgan fingerprint density at radius 2 is 2.00 bits per heavy atom. The monoisotopic (exact) mass is 322 g/mol. The molecular weight excluding hydrogens is 315 g/mol. The maximum atomic E-state index is 11.5. The molecule has 0 bridgehead atoms. The first-order valence-electron chi connectivity index (χ1n) is 4.79. The van der Waals surface area contributed by atoms with Crippen LogP contribution in [0.15, 0.2) is 16.6 Å². The van der Waals surface area contributed by atoms with Gasteiger partial charge in [0.25, 0.3) is 0 Å². The molecule has 0 atom stereocenters. The highest BCUT2D eigenvalue weighted by Gasteiger charge is 2.23. The summed E-state index contributed by atoms with van der Waals surface area (Å²) in [5.41, 5.74) is 0.507. The summed E-state index contributed by atoms with van der Waals surface area (Å²) in [6, 6.07) is 3.50. The fraction of sp³-hybridized carbons (Fsp3) is 0.300. The first kappa shape index (κ1) is 12.0. The van der Waals surface area contributed by atoms with Gasteiger partial charge in [0.05, 0.1) is 15.7 Å². The molecule has 1 aromatic rings. The molecular formula is C10H9BrCl2N2O. The number of rotatable bonds is 2. The van der Waals surface area contributed by atoms with Crippen LogP contribution in [0.4, 0.5) is 10.5 Å². The highest BCUT2D eigenvalue weighted by molar-refractivity contribution is 9.10. The van der Waals surface area contributed by atoms with Crippen molar-refractivity contribution < 1.29 is 4.79 Å². The number of benzene rings is 1. The number of hydrogen-bond acceptors (Lipinski definition) is 1. The number of carbonyl (C=O) groups excluding carboxylic acids is 1. The van der Waals surface area contributed by atoms with Gasteiger partial charge >= 0.3 is 6.03 Å². The Hall–Kier alpha value is -0.450. The number of hydrogen-bond donors (Lipinski definition) is 2. The van der Waals surface area contributed by atoms with E-state index in [1.807, 2.05) is 0 Å². The first-order valence-corrected chi connectivity index (χ1v) is 6.34. The number of amides is 2. The molecule has 1 saturated carbocycles. The lowest BCUT2D eigenvalue weighted by molar-refractivity contribution is 0.251. The van der Waals surface area contributed by atoms with Crippen LogP contribution in [0.5, 0.6) is 0 Å². The molecule has 2 N–H and O–H groups in total. The zero-order chi connectivity index (χ0) is 11.7. The van der Waals surface area contributed by atoms with Gasteiger partial charge < -0.3 is 10.6 Å². The lowest BCUT2D eigenvalue weighted by atomic mass is 10.3. The van der Waals surface area contributed by atoms with Crippen LogP contribution >= 0.6 is 39.1 Å². The van der Waals surface area contributed by atoms with Crippen LogP contribution in [0.25, 0.3) is 0 Å². The van der Waals surface area contributed by atoms with E-state index in [2.05, 4.69) is 26.6 Å². The predicted octanol–water partition coefficient (Wildman–Crippen LogP) is 4.04. The number of urea groups is 1. The smallest absolute Gasteiger partial charge is 0.319 e. The molecule has 1 aromatic carbocycles. The van der Waals surface area contributed by atoms with Gasteiger partial charge in [0.15, 0.2) is 0 Å². The van der Waals surface area contributed by atoms with E-state index in [1.165, 1.54) is 0 Å². The third-order valence-electron chi connectivity index (χ3n) is 2.20. The Balaban J connectivity index is 2.08. The summed E-state index contributed by atoms with van der Waals surface area (Å²) in [5, 5.41) is 6.19. The molecule has 16 heavy (non-hydrogen) atoms. The molecule has 2 rings (SSSR count). The van der Waals surface area contributed by atoms with Crippen molar-refractivity contribution in [3.63, 3.8) is 0 Å². The molecule has 3 nitrogen and oxygen atoms in total. The largest absolute Gasteiger partial charge is 0.335 e. The summed E-state index contributed by atoms with van der Waals surface area (Å²) in [7, 11) is 0. The summed E-state index contributed by atoms with van der Waals surface area (Å²) >= 11 is 15.2. The average molecular weight is 324 g/mol. The van der Waals surface area contributed by atoms with Gasteiger partial charge in [0.1, 0.15) is 0 Å². The van der Waals surface area contributed by atoms with Crippen LogP contribution in [-0.2, 0) is 0 Å². The Labute approximate surface area is 112 Å². The van der Waals surface area contributed by atoms with Crippen molar-refractivity contribution in [3.8, 4) is 0 Å². The van der Waals surface area contributed by atoms with Gasteiger partial charge in [-0.15, -0.1) is 0 Å². The summed E-state index contributed by atoms with van der Waals surface area (Å²) in [4.78, 5) is 11.5. The maximum absolute atomic E-state index is 11.5.